The number of benzene rings is 2. The van der Waals surface area contributed by atoms with E-state index in [1.54, 1.807) is 42.5 Å². The highest BCUT2D eigenvalue weighted by atomic mass is 35.5. The van der Waals surface area contributed by atoms with Gasteiger partial charge in [0, 0.05) is 17.8 Å². The van der Waals surface area contributed by atoms with Gasteiger partial charge in [-0.05, 0) is 59.8 Å². The normalized spacial score (nSPS) is 15.8. The van der Waals surface area contributed by atoms with Gasteiger partial charge in [-0.3, -0.25) is 4.79 Å². The number of carbonyl (C=O) groups excluding carboxylic acids is 1. The molecule has 23 heavy (non-hydrogen) atoms. The first-order chi connectivity index (χ1) is 11.0. The molecule has 1 aliphatic rings. The Kier molecular flexibility index (Phi) is 4.41. The molecular formula is C17H13ClN2O2S. The molecule has 0 saturated heterocycles. The molecule has 0 unspecified atom stereocenters. The zero-order valence-corrected chi connectivity index (χ0v) is 13.8. The molecule has 1 N–H and O–H groups in total. The van der Waals surface area contributed by atoms with Crippen molar-refractivity contribution in [3.05, 3.63) is 64.0 Å². The minimum Gasteiger partial charge on any atom is -0.508 e. The van der Waals surface area contributed by atoms with Gasteiger partial charge in [0.05, 0.1) is 4.91 Å². The summed E-state index contributed by atoms with van der Waals surface area (Å²) in [5.74, 6) is -0.0619. The Morgan fingerprint density at radius 2 is 1.78 bits per heavy atom. The van der Waals surface area contributed by atoms with Gasteiger partial charge in [-0.1, -0.05) is 23.7 Å². The highest BCUT2D eigenvalue weighted by Gasteiger charge is 2.25. The van der Waals surface area contributed by atoms with Crippen LogP contribution >= 0.6 is 23.4 Å². The van der Waals surface area contributed by atoms with Crippen LogP contribution in [0.4, 0.5) is 5.69 Å². The summed E-state index contributed by atoms with van der Waals surface area (Å²) in [6.07, 6.45) is 1.80. The number of phenolic OH excluding ortho intramolecular Hbond substituents is 1. The molecule has 116 valence electrons. The summed E-state index contributed by atoms with van der Waals surface area (Å²) in [4.78, 5) is 18.5. The number of rotatable bonds is 2. The summed E-state index contributed by atoms with van der Waals surface area (Å²) >= 11 is 7.18. The summed E-state index contributed by atoms with van der Waals surface area (Å²) in [5.41, 5.74) is 1.74. The molecule has 2 aromatic carbocycles. The van der Waals surface area contributed by atoms with E-state index in [0.717, 1.165) is 11.3 Å². The van der Waals surface area contributed by atoms with Crippen LogP contribution in [-0.4, -0.2) is 23.2 Å². The van der Waals surface area contributed by atoms with Gasteiger partial charge < -0.3 is 10.0 Å². The summed E-state index contributed by atoms with van der Waals surface area (Å²) < 4.78 is 0. The van der Waals surface area contributed by atoms with E-state index in [-0.39, 0.29) is 11.7 Å². The maximum Gasteiger partial charge on any atom is 0.286 e. The Balaban J connectivity index is 1.79. The molecule has 1 amide bonds. The second-order valence-electron chi connectivity index (χ2n) is 4.94. The van der Waals surface area contributed by atoms with Gasteiger partial charge in [0.25, 0.3) is 5.91 Å². The van der Waals surface area contributed by atoms with E-state index < -0.39 is 0 Å². The second kappa shape index (κ2) is 6.48. The summed E-state index contributed by atoms with van der Waals surface area (Å²) in [7, 11) is 1.83. The summed E-state index contributed by atoms with van der Waals surface area (Å²) in [6.45, 7) is 0. The smallest absolute Gasteiger partial charge is 0.286 e. The number of hydrogen-bond acceptors (Lipinski definition) is 4. The average Bonchev–Trinajstić information content (AvgIpc) is 2.91. The number of nitrogens with zero attached hydrogens (tertiary/aromatic N) is 2. The van der Waals surface area contributed by atoms with E-state index in [2.05, 4.69) is 4.99 Å². The van der Waals surface area contributed by atoms with Crippen LogP contribution < -0.4 is 4.90 Å². The molecule has 1 heterocycles. The van der Waals surface area contributed by atoms with Crippen molar-refractivity contribution in [2.45, 2.75) is 0 Å². The minimum absolute atomic E-state index is 0.197. The summed E-state index contributed by atoms with van der Waals surface area (Å²) in [6, 6.07) is 14.0. The highest BCUT2D eigenvalue weighted by molar-refractivity contribution is 8.18. The molecule has 4 nitrogen and oxygen atoms in total. The zero-order valence-electron chi connectivity index (χ0n) is 12.2. The van der Waals surface area contributed by atoms with Crippen molar-refractivity contribution in [2.24, 2.45) is 4.99 Å². The van der Waals surface area contributed by atoms with Crippen molar-refractivity contribution in [3.63, 3.8) is 0 Å². The van der Waals surface area contributed by atoms with Crippen LogP contribution in [0, 0.1) is 0 Å². The fourth-order valence-corrected chi connectivity index (χ4v) is 3.06. The molecule has 0 spiro atoms. The zero-order chi connectivity index (χ0) is 16.4. The Morgan fingerprint density at radius 1 is 1.13 bits per heavy atom. The number of carbonyl (C=O) groups is 1. The highest BCUT2D eigenvalue weighted by Crippen LogP contribution is 2.32. The molecule has 6 heteroatoms. The first-order valence-corrected chi connectivity index (χ1v) is 8.03. The van der Waals surface area contributed by atoms with E-state index in [0.29, 0.717) is 15.1 Å². The maximum atomic E-state index is 12.1. The van der Waals surface area contributed by atoms with E-state index in [4.69, 9.17) is 11.6 Å². The average molecular weight is 345 g/mol. The van der Waals surface area contributed by atoms with Crippen molar-refractivity contribution < 1.29 is 9.90 Å². The lowest BCUT2D eigenvalue weighted by molar-refractivity contribution is -0.113. The van der Waals surface area contributed by atoms with Crippen LogP contribution in [0.25, 0.3) is 6.08 Å². The monoisotopic (exact) mass is 344 g/mol. The molecule has 0 aliphatic carbocycles. The second-order valence-corrected chi connectivity index (χ2v) is 6.38. The molecule has 2 aromatic rings. The number of phenols is 1. The topological polar surface area (TPSA) is 52.9 Å². The quantitative estimate of drug-likeness (QED) is 0.831. The summed E-state index contributed by atoms with van der Waals surface area (Å²) in [5, 5.41) is 10.6. The van der Waals surface area contributed by atoms with E-state index in [1.165, 1.54) is 11.8 Å². The fourth-order valence-electron chi connectivity index (χ4n) is 2.04. The van der Waals surface area contributed by atoms with E-state index >= 15 is 0 Å². The third-order valence-corrected chi connectivity index (χ3v) is 4.61. The van der Waals surface area contributed by atoms with Crippen molar-refractivity contribution in [3.8, 4) is 5.75 Å². The third-order valence-electron chi connectivity index (χ3n) is 3.30. The number of thioether (sulfide) groups is 1. The predicted octanol–water partition coefficient (Wildman–Crippen LogP) is 4.15. The largest absolute Gasteiger partial charge is 0.508 e. The van der Waals surface area contributed by atoms with Crippen LogP contribution in [-0.2, 0) is 4.79 Å². The van der Waals surface area contributed by atoms with Crippen LogP contribution in [0.1, 0.15) is 5.56 Å². The van der Waals surface area contributed by atoms with Gasteiger partial charge in [0.2, 0.25) is 0 Å². The molecule has 0 fully saturated rings. The molecule has 0 radical (unpaired) electrons. The van der Waals surface area contributed by atoms with Gasteiger partial charge in [-0.2, -0.15) is 4.99 Å². The fraction of sp³-hybridized carbons (Fsp3) is 0.0588. The number of aromatic hydroxyl groups is 1. The molecule has 0 bridgehead atoms. The Hall–Kier alpha value is -2.24. The first-order valence-electron chi connectivity index (χ1n) is 6.84. The number of amidine groups is 1. The minimum atomic E-state index is -0.259. The molecule has 0 saturated carbocycles. The first kappa shape index (κ1) is 15.6. The number of anilines is 1. The van der Waals surface area contributed by atoms with Gasteiger partial charge in [0.1, 0.15) is 5.75 Å². The van der Waals surface area contributed by atoms with Crippen molar-refractivity contribution in [2.75, 3.05) is 11.9 Å². The lowest BCUT2D eigenvalue weighted by atomic mass is 10.2. The number of halogens is 1. The Labute approximate surface area is 143 Å². The lowest BCUT2D eigenvalue weighted by Gasteiger charge is -2.17. The van der Waals surface area contributed by atoms with Crippen LogP contribution in [0.5, 0.6) is 5.75 Å². The van der Waals surface area contributed by atoms with Crippen LogP contribution in [0.2, 0.25) is 5.02 Å². The van der Waals surface area contributed by atoms with Gasteiger partial charge in [0.15, 0.2) is 5.17 Å². The lowest BCUT2D eigenvalue weighted by Crippen LogP contribution is -2.21. The van der Waals surface area contributed by atoms with Crippen LogP contribution in [0.15, 0.2) is 58.4 Å². The Morgan fingerprint density at radius 3 is 2.43 bits per heavy atom. The van der Waals surface area contributed by atoms with Crippen molar-refractivity contribution in [1.82, 2.24) is 0 Å². The van der Waals surface area contributed by atoms with Crippen LogP contribution in [0.3, 0.4) is 0 Å². The molecule has 1 aliphatic heterocycles. The van der Waals surface area contributed by atoms with Crippen molar-refractivity contribution in [1.29, 1.82) is 0 Å². The van der Waals surface area contributed by atoms with E-state index in [9.17, 15) is 9.90 Å². The molecule has 0 aromatic heterocycles. The van der Waals surface area contributed by atoms with Gasteiger partial charge in [-0.15, -0.1) is 0 Å². The third kappa shape index (κ3) is 3.57. The van der Waals surface area contributed by atoms with Gasteiger partial charge in [-0.25, -0.2) is 0 Å². The number of aliphatic imine (C=N–C) groups is 1. The Bertz CT molecular complexity index is 798. The maximum absolute atomic E-state index is 12.1. The SMILES string of the molecule is CN(C1=NC(=O)/C(=C/c2ccc(Cl)cc2)S1)c1ccc(O)cc1. The molecular weight excluding hydrogens is 332 g/mol. The predicted molar refractivity (Wildman–Crippen MR) is 96.0 cm³/mol. The number of amides is 1. The van der Waals surface area contributed by atoms with E-state index in [1.807, 2.05) is 24.1 Å². The molecule has 0 atom stereocenters. The standard InChI is InChI=1S/C17H13ClN2O2S/c1-20(13-6-8-14(21)9-7-13)17-19-16(22)15(23-17)10-11-2-4-12(18)5-3-11/h2-10,21H,1H3/b15-10-. The van der Waals surface area contributed by atoms with Crippen molar-refractivity contribution >= 4 is 46.2 Å². The van der Waals surface area contributed by atoms with Gasteiger partial charge >= 0.3 is 0 Å². The number of hydrogen-bond donors (Lipinski definition) is 1. The molecule has 3 rings (SSSR count).